The van der Waals surface area contributed by atoms with Gasteiger partial charge in [-0.2, -0.15) is 0 Å². The van der Waals surface area contributed by atoms with Gasteiger partial charge in [0.05, 0.1) is 7.11 Å². The predicted molar refractivity (Wildman–Crippen MR) is 124 cm³/mol. The van der Waals surface area contributed by atoms with E-state index in [4.69, 9.17) is 4.74 Å². The molecule has 3 rings (SSSR count). The molecule has 1 N–H and O–H groups in total. The molecule has 1 heterocycles. The fourth-order valence-electron chi connectivity index (χ4n) is 3.18. The Morgan fingerprint density at radius 1 is 0.967 bits per heavy atom. The Labute approximate surface area is 181 Å². The summed E-state index contributed by atoms with van der Waals surface area (Å²) in [6.07, 6.45) is 3.22. The first-order valence-electron chi connectivity index (χ1n) is 9.65. The molecule has 0 saturated heterocycles. The number of benzene rings is 2. The zero-order valence-electron chi connectivity index (χ0n) is 17.8. The highest BCUT2D eigenvalue weighted by atomic mass is 32.1. The smallest absolute Gasteiger partial charge is 0.341 e. The minimum Gasteiger partial charge on any atom is -0.465 e. The first-order valence-corrected chi connectivity index (χ1v) is 10.5. The molecule has 0 saturated carbocycles. The van der Waals surface area contributed by atoms with Crippen molar-refractivity contribution >= 4 is 34.3 Å². The maximum Gasteiger partial charge on any atom is 0.341 e. The van der Waals surface area contributed by atoms with Crippen LogP contribution in [0.1, 0.15) is 37.5 Å². The molecule has 4 nitrogen and oxygen atoms in total. The molecule has 0 fully saturated rings. The number of hydrogen-bond acceptors (Lipinski definition) is 4. The van der Waals surface area contributed by atoms with Crippen molar-refractivity contribution in [3.8, 4) is 11.1 Å². The lowest BCUT2D eigenvalue weighted by Gasteiger charge is -2.09. The van der Waals surface area contributed by atoms with Crippen LogP contribution in [0, 0.1) is 27.7 Å². The quantitative estimate of drug-likeness (QED) is 0.402. The van der Waals surface area contributed by atoms with Gasteiger partial charge in [0, 0.05) is 16.5 Å². The summed E-state index contributed by atoms with van der Waals surface area (Å²) in [5, 5.41) is 3.35. The molecule has 30 heavy (non-hydrogen) atoms. The number of carbonyl (C=O) groups excluding carboxylic acids is 2. The molecule has 154 valence electrons. The topological polar surface area (TPSA) is 55.4 Å². The van der Waals surface area contributed by atoms with Gasteiger partial charge < -0.3 is 10.1 Å². The molecule has 1 amide bonds. The number of carbonyl (C=O) groups is 2. The van der Waals surface area contributed by atoms with E-state index in [1.807, 2.05) is 64.1 Å². The molecule has 2 aromatic carbocycles. The van der Waals surface area contributed by atoms with E-state index in [1.165, 1.54) is 30.1 Å². The van der Waals surface area contributed by atoms with Gasteiger partial charge in [-0.3, -0.25) is 4.79 Å². The molecule has 0 unspecified atom stereocenters. The number of ether oxygens (including phenoxy) is 1. The maximum absolute atomic E-state index is 12.6. The van der Waals surface area contributed by atoms with E-state index in [1.54, 1.807) is 6.08 Å². The average Bonchev–Trinajstić information content (AvgIpc) is 3.04. The van der Waals surface area contributed by atoms with Crippen LogP contribution in [0.25, 0.3) is 17.2 Å². The summed E-state index contributed by atoms with van der Waals surface area (Å²) in [5.74, 6) is -0.765. The Hall–Kier alpha value is -3.18. The molecule has 0 bridgehead atoms. The largest absolute Gasteiger partial charge is 0.465 e. The third-order valence-electron chi connectivity index (χ3n) is 5.01. The van der Waals surface area contributed by atoms with E-state index in [0.29, 0.717) is 10.6 Å². The number of esters is 1. The van der Waals surface area contributed by atoms with Gasteiger partial charge >= 0.3 is 5.97 Å². The lowest BCUT2D eigenvalue weighted by molar-refractivity contribution is -0.111. The van der Waals surface area contributed by atoms with Gasteiger partial charge in [0.2, 0.25) is 5.91 Å². The Balaban J connectivity index is 1.94. The van der Waals surface area contributed by atoms with Gasteiger partial charge in [-0.05, 0) is 56.0 Å². The molecular formula is C25H25NO3S. The highest BCUT2D eigenvalue weighted by Gasteiger charge is 2.25. The highest BCUT2D eigenvalue weighted by molar-refractivity contribution is 7.17. The van der Waals surface area contributed by atoms with Crippen molar-refractivity contribution in [3.05, 3.63) is 81.2 Å². The summed E-state index contributed by atoms with van der Waals surface area (Å²) in [7, 11) is 1.35. The SMILES string of the molecule is COC(=O)c1c(NC(=O)/C=C/c2ccc(C)cc2)sc(C)c1-c1ccc(C)c(C)c1. The van der Waals surface area contributed by atoms with Gasteiger partial charge in [0.15, 0.2) is 0 Å². The summed E-state index contributed by atoms with van der Waals surface area (Å²) >= 11 is 1.37. The Kier molecular flexibility index (Phi) is 6.53. The summed E-state index contributed by atoms with van der Waals surface area (Å²) < 4.78 is 5.03. The molecule has 0 atom stereocenters. The molecule has 0 aliphatic rings. The molecule has 0 aliphatic carbocycles. The van der Waals surface area contributed by atoms with Crippen LogP contribution in [0.15, 0.2) is 48.5 Å². The minimum absolute atomic E-state index is 0.298. The van der Waals surface area contributed by atoms with E-state index in [2.05, 4.69) is 11.4 Å². The first kappa shape index (κ1) is 21.5. The number of thiophene rings is 1. The zero-order chi connectivity index (χ0) is 21.8. The molecular weight excluding hydrogens is 394 g/mol. The fraction of sp³-hybridized carbons (Fsp3) is 0.200. The van der Waals surface area contributed by atoms with E-state index < -0.39 is 5.97 Å². The normalized spacial score (nSPS) is 11.0. The van der Waals surface area contributed by atoms with Gasteiger partial charge in [-0.1, -0.05) is 48.0 Å². The van der Waals surface area contributed by atoms with Crippen molar-refractivity contribution in [3.63, 3.8) is 0 Å². The fourth-order valence-corrected chi connectivity index (χ4v) is 4.24. The van der Waals surface area contributed by atoms with Crippen LogP contribution in [-0.4, -0.2) is 19.0 Å². The summed E-state index contributed by atoms with van der Waals surface area (Å²) in [4.78, 5) is 26.1. The van der Waals surface area contributed by atoms with Crippen molar-refractivity contribution in [1.29, 1.82) is 0 Å². The molecule has 0 radical (unpaired) electrons. The van der Waals surface area contributed by atoms with E-state index in [9.17, 15) is 9.59 Å². The predicted octanol–water partition coefficient (Wildman–Crippen LogP) is 6.09. The molecule has 1 aromatic heterocycles. The molecule has 3 aromatic rings. The molecule has 5 heteroatoms. The van der Waals surface area contributed by atoms with Crippen LogP contribution in [-0.2, 0) is 9.53 Å². The number of aryl methyl sites for hydroxylation is 4. The second-order valence-electron chi connectivity index (χ2n) is 7.26. The summed E-state index contributed by atoms with van der Waals surface area (Å²) in [5.41, 5.74) is 6.53. The van der Waals surface area contributed by atoms with Crippen LogP contribution in [0.4, 0.5) is 5.00 Å². The summed E-state index contributed by atoms with van der Waals surface area (Å²) in [6, 6.07) is 14.0. The van der Waals surface area contributed by atoms with Crippen molar-refractivity contribution in [1.82, 2.24) is 0 Å². The van der Waals surface area contributed by atoms with Crippen molar-refractivity contribution in [2.75, 3.05) is 12.4 Å². The number of amides is 1. The van der Waals surface area contributed by atoms with E-state index in [-0.39, 0.29) is 5.91 Å². The number of rotatable bonds is 5. The average molecular weight is 420 g/mol. The Bertz CT molecular complexity index is 1120. The van der Waals surface area contributed by atoms with Crippen LogP contribution in [0.5, 0.6) is 0 Å². The molecule has 0 aliphatic heterocycles. The summed E-state index contributed by atoms with van der Waals surface area (Å²) in [6.45, 7) is 8.05. The van der Waals surface area contributed by atoms with Gasteiger partial charge in [-0.25, -0.2) is 4.79 Å². The van der Waals surface area contributed by atoms with Gasteiger partial charge in [0.25, 0.3) is 0 Å². The van der Waals surface area contributed by atoms with Crippen molar-refractivity contribution in [2.24, 2.45) is 0 Å². The van der Waals surface area contributed by atoms with Crippen molar-refractivity contribution < 1.29 is 14.3 Å². The standard InChI is InChI=1S/C25H25NO3S/c1-15-6-9-19(10-7-15)11-13-21(27)26-24-23(25(28)29-5)22(18(4)30-24)20-12-8-16(2)17(3)14-20/h6-14H,1-5H3,(H,26,27)/b13-11+. The van der Waals surface area contributed by atoms with Crippen molar-refractivity contribution in [2.45, 2.75) is 27.7 Å². The highest BCUT2D eigenvalue weighted by Crippen LogP contribution is 2.40. The number of hydrogen-bond donors (Lipinski definition) is 1. The minimum atomic E-state index is -0.467. The molecule has 0 spiro atoms. The number of anilines is 1. The number of nitrogens with one attached hydrogen (secondary N) is 1. The third kappa shape index (κ3) is 4.69. The third-order valence-corrected chi connectivity index (χ3v) is 6.03. The van der Waals surface area contributed by atoms with Gasteiger partial charge in [0.1, 0.15) is 10.6 Å². The van der Waals surface area contributed by atoms with E-state index >= 15 is 0 Å². The van der Waals surface area contributed by atoms with Crippen LogP contribution >= 0.6 is 11.3 Å². The maximum atomic E-state index is 12.6. The zero-order valence-corrected chi connectivity index (χ0v) is 18.6. The van der Waals surface area contributed by atoms with Crippen LogP contribution in [0.2, 0.25) is 0 Å². The first-order chi connectivity index (χ1) is 14.3. The lowest BCUT2D eigenvalue weighted by Crippen LogP contribution is -2.11. The Morgan fingerprint density at radius 2 is 1.67 bits per heavy atom. The van der Waals surface area contributed by atoms with Crippen LogP contribution in [0.3, 0.4) is 0 Å². The van der Waals surface area contributed by atoms with Crippen LogP contribution < -0.4 is 5.32 Å². The monoisotopic (exact) mass is 419 g/mol. The second-order valence-corrected chi connectivity index (χ2v) is 8.49. The van der Waals surface area contributed by atoms with E-state index in [0.717, 1.165) is 32.7 Å². The van der Waals surface area contributed by atoms with Gasteiger partial charge in [-0.15, -0.1) is 11.3 Å². The Morgan fingerprint density at radius 3 is 2.30 bits per heavy atom. The lowest BCUT2D eigenvalue weighted by atomic mass is 9.97. The second kappa shape index (κ2) is 9.09. The number of methoxy groups -OCH3 is 1.